The number of rotatable bonds is 4. The lowest BCUT2D eigenvalue weighted by Gasteiger charge is -2.17. The van der Waals surface area contributed by atoms with E-state index >= 15 is 0 Å². The summed E-state index contributed by atoms with van der Waals surface area (Å²) in [7, 11) is 0. The van der Waals surface area contributed by atoms with E-state index in [0.29, 0.717) is 0 Å². The van der Waals surface area contributed by atoms with Crippen LogP contribution in [0.15, 0.2) is 18.2 Å². The highest BCUT2D eigenvalue weighted by atomic mass is 19.1. The summed E-state index contributed by atoms with van der Waals surface area (Å²) >= 11 is 0. The normalized spacial score (nSPS) is 11.8. The number of anilines is 1. The molecule has 0 aromatic heterocycles. The Hall–Kier alpha value is -2.09. The van der Waals surface area contributed by atoms with Crippen molar-refractivity contribution in [3.63, 3.8) is 0 Å². The van der Waals surface area contributed by atoms with Crippen molar-refractivity contribution in [1.82, 2.24) is 5.32 Å². The monoisotopic (exact) mass is 249 g/mol. The minimum Gasteiger partial charge on any atom is -0.372 e. The highest BCUT2D eigenvalue weighted by Crippen LogP contribution is 2.16. The summed E-state index contributed by atoms with van der Waals surface area (Å²) in [6, 6.07) is 5.42. The standard InChI is InChI=1S/C13H16FN3O/c1-8(2)16-13(18)9(3)17-12-5-4-10(7-15)6-11(12)14/h4-6,8-9,17H,1-3H3,(H,16,18). The molecule has 0 spiro atoms. The first-order valence-electron chi connectivity index (χ1n) is 5.70. The molecule has 0 fully saturated rings. The fraction of sp³-hybridized carbons (Fsp3) is 0.385. The topological polar surface area (TPSA) is 64.9 Å². The summed E-state index contributed by atoms with van der Waals surface area (Å²) < 4.78 is 13.6. The molecule has 96 valence electrons. The van der Waals surface area contributed by atoms with Gasteiger partial charge in [0.1, 0.15) is 11.9 Å². The molecule has 0 aliphatic carbocycles. The number of nitriles is 1. The van der Waals surface area contributed by atoms with Crippen molar-refractivity contribution in [2.24, 2.45) is 0 Å². The third-order valence-electron chi connectivity index (χ3n) is 2.29. The summed E-state index contributed by atoms with van der Waals surface area (Å²) in [5, 5.41) is 14.1. The Bertz CT molecular complexity index is 480. The maximum Gasteiger partial charge on any atom is 0.242 e. The third-order valence-corrected chi connectivity index (χ3v) is 2.29. The molecular formula is C13H16FN3O. The van der Waals surface area contributed by atoms with Gasteiger partial charge >= 0.3 is 0 Å². The summed E-state index contributed by atoms with van der Waals surface area (Å²) in [5.41, 5.74) is 0.456. The SMILES string of the molecule is CC(C)NC(=O)C(C)Nc1ccc(C#N)cc1F. The number of nitrogens with one attached hydrogen (secondary N) is 2. The van der Waals surface area contributed by atoms with Crippen molar-refractivity contribution in [1.29, 1.82) is 5.26 Å². The number of carbonyl (C=O) groups is 1. The van der Waals surface area contributed by atoms with Gasteiger partial charge in [0.15, 0.2) is 0 Å². The fourth-order valence-corrected chi connectivity index (χ4v) is 1.41. The zero-order valence-corrected chi connectivity index (χ0v) is 10.6. The van der Waals surface area contributed by atoms with E-state index in [0.717, 1.165) is 6.07 Å². The van der Waals surface area contributed by atoms with Crippen LogP contribution in [0.3, 0.4) is 0 Å². The molecular weight excluding hydrogens is 233 g/mol. The van der Waals surface area contributed by atoms with Gasteiger partial charge in [0, 0.05) is 6.04 Å². The first-order chi connectivity index (χ1) is 8.43. The van der Waals surface area contributed by atoms with Gasteiger partial charge in [0.25, 0.3) is 0 Å². The highest BCUT2D eigenvalue weighted by molar-refractivity contribution is 5.84. The largest absolute Gasteiger partial charge is 0.372 e. The Morgan fingerprint density at radius 3 is 2.56 bits per heavy atom. The van der Waals surface area contributed by atoms with Gasteiger partial charge in [-0.2, -0.15) is 5.26 Å². The molecule has 1 rings (SSSR count). The maximum atomic E-state index is 13.6. The van der Waals surface area contributed by atoms with Gasteiger partial charge in [0.2, 0.25) is 5.91 Å². The van der Waals surface area contributed by atoms with Crippen LogP contribution in [0.25, 0.3) is 0 Å². The molecule has 18 heavy (non-hydrogen) atoms. The predicted molar refractivity (Wildman–Crippen MR) is 67.5 cm³/mol. The van der Waals surface area contributed by atoms with E-state index in [4.69, 9.17) is 5.26 Å². The molecule has 2 N–H and O–H groups in total. The zero-order valence-electron chi connectivity index (χ0n) is 10.6. The molecule has 0 saturated heterocycles. The molecule has 1 aromatic rings. The molecule has 0 saturated carbocycles. The molecule has 1 amide bonds. The van der Waals surface area contributed by atoms with Crippen molar-refractivity contribution in [2.75, 3.05) is 5.32 Å². The number of benzene rings is 1. The molecule has 0 aliphatic heterocycles. The Balaban J connectivity index is 2.73. The van der Waals surface area contributed by atoms with Gasteiger partial charge < -0.3 is 10.6 Å². The minimum absolute atomic E-state index is 0.0348. The van der Waals surface area contributed by atoms with E-state index in [-0.39, 0.29) is 23.2 Å². The number of nitrogens with zero attached hydrogens (tertiary/aromatic N) is 1. The average molecular weight is 249 g/mol. The lowest BCUT2D eigenvalue weighted by molar-refractivity contribution is -0.122. The van der Waals surface area contributed by atoms with Crippen molar-refractivity contribution in [3.8, 4) is 6.07 Å². The average Bonchev–Trinajstić information content (AvgIpc) is 2.30. The molecule has 4 nitrogen and oxygen atoms in total. The minimum atomic E-state index is -0.546. The van der Waals surface area contributed by atoms with Crippen molar-refractivity contribution in [2.45, 2.75) is 32.9 Å². The second-order valence-corrected chi connectivity index (χ2v) is 4.34. The molecule has 0 aliphatic rings. The first kappa shape index (κ1) is 14.0. The van der Waals surface area contributed by atoms with Gasteiger partial charge in [-0.1, -0.05) is 0 Å². The fourth-order valence-electron chi connectivity index (χ4n) is 1.41. The first-order valence-corrected chi connectivity index (χ1v) is 5.70. The van der Waals surface area contributed by atoms with Gasteiger partial charge in [-0.25, -0.2) is 4.39 Å². The predicted octanol–water partition coefficient (Wildman–Crippen LogP) is 2.02. The Kier molecular flexibility index (Phi) is 4.67. The molecule has 1 aromatic carbocycles. The van der Waals surface area contributed by atoms with E-state index in [1.165, 1.54) is 12.1 Å². The van der Waals surface area contributed by atoms with Crippen LogP contribution in [0.1, 0.15) is 26.3 Å². The number of carbonyl (C=O) groups excluding carboxylic acids is 1. The lowest BCUT2D eigenvalue weighted by atomic mass is 10.2. The summed E-state index contributed by atoms with van der Waals surface area (Å²) in [6.45, 7) is 5.36. The van der Waals surface area contributed by atoms with Crippen LogP contribution in [0.2, 0.25) is 0 Å². The van der Waals surface area contributed by atoms with E-state index in [1.54, 1.807) is 6.92 Å². The van der Waals surface area contributed by atoms with Gasteiger partial charge in [-0.3, -0.25) is 4.79 Å². The molecule has 1 atom stereocenters. The van der Waals surface area contributed by atoms with Crippen molar-refractivity contribution < 1.29 is 9.18 Å². The van der Waals surface area contributed by atoms with Crippen molar-refractivity contribution >= 4 is 11.6 Å². The van der Waals surface area contributed by atoms with E-state index in [9.17, 15) is 9.18 Å². The number of amides is 1. The molecule has 0 heterocycles. The quantitative estimate of drug-likeness (QED) is 0.858. The highest BCUT2D eigenvalue weighted by Gasteiger charge is 2.15. The number of hydrogen-bond donors (Lipinski definition) is 2. The van der Waals surface area contributed by atoms with E-state index in [2.05, 4.69) is 10.6 Å². The Morgan fingerprint density at radius 2 is 2.06 bits per heavy atom. The Labute approximate surface area is 106 Å². The van der Waals surface area contributed by atoms with Crippen LogP contribution >= 0.6 is 0 Å². The van der Waals surface area contributed by atoms with Gasteiger partial charge in [0.05, 0.1) is 17.3 Å². The lowest BCUT2D eigenvalue weighted by Crippen LogP contribution is -2.41. The van der Waals surface area contributed by atoms with Crippen molar-refractivity contribution in [3.05, 3.63) is 29.6 Å². The molecule has 0 radical (unpaired) electrons. The second-order valence-electron chi connectivity index (χ2n) is 4.34. The van der Waals surface area contributed by atoms with Crippen LogP contribution < -0.4 is 10.6 Å². The Morgan fingerprint density at radius 1 is 1.39 bits per heavy atom. The molecule has 5 heteroatoms. The number of halogens is 1. The smallest absolute Gasteiger partial charge is 0.242 e. The van der Waals surface area contributed by atoms with Crippen LogP contribution in [0, 0.1) is 17.1 Å². The molecule has 0 bridgehead atoms. The summed E-state index contributed by atoms with van der Waals surface area (Å²) in [6.07, 6.45) is 0. The third kappa shape index (κ3) is 3.74. The van der Waals surface area contributed by atoms with Crippen LogP contribution in [-0.4, -0.2) is 18.0 Å². The molecule has 1 unspecified atom stereocenters. The van der Waals surface area contributed by atoms with Gasteiger partial charge in [-0.05, 0) is 39.0 Å². The van der Waals surface area contributed by atoms with E-state index < -0.39 is 11.9 Å². The van der Waals surface area contributed by atoms with Gasteiger partial charge in [-0.15, -0.1) is 0 Å². The van der Waals surface area contributed by atoms with Crippen LogP contribution in [0.5, 0.6) is 0 Å². The summed E-state index contributed by atoms with van der Waals surface area (Å²) in [4.78, 5) is 11.6. The zero-order chi connectivity index (χ0) is 13.7. The summed E-state index contributed by atoms with van der Waals surface area (Å²) in [5.74, 6) is -0.744. The van der Waals surface area contributed by atoms with Crippen LogP contribution in [0.4, 0.5) is 10.1 Å². The van der Waals surface area contributed by atoms with Crippen LogP contribution in [-0.2, 0) is 4.79 Å². The maximum absolute atomic E-state index is 13.6. The second kappa shape index (κ2) is 6.01. The number of hydrogen-bond acceptors (Lipinski definition) is 3. The van der Waals surface area contributed by atoms with E-state index in [1.807, 2.05) is 19.9 Å².